The molecule has 0 saturated heterocycles. The minimum Gasteiger partial charge on any atom is -0.383 e. The zero-order valence-corrected chi connectivity index (χ0v) is 8.23. The smallest absolute Gasteiger partial charge is 0.253 e. The highest BCUT2D eigenvalue weighted by Gasteiger charge is 2.12. The Morgan fingerprint density at radius 2 is 2.07 bits per heavy atom. The van der Waals surface area contributed by atoms with Gasteiger partial charge >= 0.3 is 0 Å². The molecule has 1 aromatic rings. The Hall–Kier alpha value is -1.35. The minimum atomic E-state index is -0.903. The van der Waals surface area contributed by atoms with Crippen molar-refractivity contribution in [2.75, 3.05) is 5.32 Å². The van der Waals surface area contributed by atoms with Crippen LogP contribution in [0, 0.1) is 0 Å². The normalized spacial score (nSPS) is 12.1. The molecule has 0 unspecified atom stereocenters. The summed E-state index contributed by atoms with van der Waals surface area (Å²) in [6.45, 7) is 1.93. The monoisotopic (exact) mass is 193 g/mol. The molecule has 0 spiro atoms. The van der Waals surface area contributed by atoms with Crippen molar-refractivity contribution < 1.29 is 9.90 Å². The Morgan fingerprint density at radius 1 is 1.43 bits per heavy atom. The van der Waals surface area contributed by atoms with Crippen LogP contribution in [0.4, 0.5) is 5.69 Å². The summed E-state index contributed by atoms with van der Waals surface area (Å²) in [5.74, 6) is -0.335. The van der Waals surface area contributed by atoms with Crippen LogP contribution in [0.1, 0.15) is 19.8 Å². The zero-order valence-electron chi connectivity index (χ0n) is 8.23. The minimum absolute atomic E-state index is 0.335. The maximum atomic E-state index is 11.3. The Bertz CT molecular complexity index is 285. The van der Waals surface area contributed by atoms with Crippen molar-refractivity contribution in [1.29, 1.82) is 0 Å². The first-order chi connectivity index (χ1) is 6.74. The van der Waals surface area contributed by atoms with Crippen LogP contribution in [0.15, 0.2) is 30.3 Å². The van der Waals surface area contributed by atoms with E-state index in [0.717, 1.165) is 6.42 Å². The van der Waals surface area contributed by atoms with Crippen LogP contribution in [0.3, 0.4) is 0 Å². The molecule has 0 aliphatic carbocycles. The summed E-state index contributed by atoms with van der Waals surface area (Å²) in [4.78, 5) is 11.3. The number of hydrogen-bond donors (Lipinski definition) is 2. The lowest BCUT2D eigenvalue weighted by molar-refractivity contribution is -0.124. The number of carbonyl (C=O) groups is 1. The summed E-state index contributed by atoms with van der Waals surface area (Å²) in [7, 11) is 0. The molecule has 1 aromatic carbocycles. The second-order valence-corrected chi connectivity index (χ2v) is 3.16. The summed E-state index contributed by atoms with van der Waals surface area (Å²) in [6, 6.07) is 9.12. The molecule has 0 aliphatic heterocycles. The van der Waals surface area contributed by atoms with Gasteiger partial charge in [-0.15, -0.1) is 0 Å². The van der Waals surface area contributed by atoms with E-state index in [0.29, 0.717) is 12.1 Å². The molecular formula is C11H15NO2. The number of carbonyl (C=O) groups excluding carboxylic acids is 1. The number of hydrogen-bond acceptors (Lipinski definition) is 2. The molecular weight excluding hydrogens is 178 g/mol. The highest BCUT2D eigenvalue weighted by molar-refractivity contribution is 5.93. The molecule has 0 heterocycles. The van der Waals surface area contributed by atoms with Crippen molar-refractivity contribution in [2.24, 2.45) is 0 Å². The molecule has 3 heteroatoms. The average Bonchev–Trinajstić information content (AvgIpc) is 2.19. The Morgan fingerprint density at radius 3 is 2.64 bits per heavy atom. The van der Waals surface area contributed by atoms with Crippen LogP contribution in [-0.2, 0) is 4.79 Å². The molecule has 76 valence electrons. The predicted molar refractivity (Wildman–Crippen MR) is 56.0 cm³/mol. The quantitative estimate of drug-likeness (QED) is 0.765. The van der Waals surface area contributed by atoms with Crippen LogP contribution in [0.25, 0.3) is 0 Å². The number of aliphatic hydroxyl groups excluding tert-OH is 1. The van der Waals surface area contributed by atoms with E-state index in [9.17, 15) is 9.90 Å². The van der Waals surface area contributed by atoms with E-state index in [1.165, 1.54) is 0 Å². The van der Waals surface area contributed by atoms with Crippen LogP contribution in [0.5, 0.6) is 0 Å². The van der Waals surface area contributed by atoms with Gasteiger partial charge in [-0.3, -0.25) is 4.79 Å². The molecule has 1 rings (SSSR count). The van der Waals surface area contributed by atoms with Crippen molar-refractivity contribution in [1.82, 2.24) is 0 Å². The molecule has 2 N–H and O–H groups in total. The molecule has 0 fully saturated rings. The third kappa shape index (κ3) is 3.18. The van der Waals surface area contributed by atoms with E-state index in [2.05, 4.69) is 5.32 Å². The lowest BCUT2D eigenvalue weighted by Crippen LogP contribution is -2.27. The van der Waals surface area contributed by atoms with Gasteiger partial charge in [-0.2, -0.15) is 0 Å². The molecule has 0 aliphatic rings. The van der Waals surface area contributed by atoms with Gasteiger partial charge in [0.05, 0.1) is 0 Å². The van der Waals surface area contributed by atoms with Gasteiger partial charge in [0.2, 0.25) is 0 Å². The maximum absolute atomic E-state index is 11.3. The molecule has 0 saturated carbocycles. The molecule has 0 bridgehead atoms. The molecule has 0 radical (unpaired) electrons. The summed E-state index contributed by atoms with van der Waals surface area (Å²) in [5, 5.41) is 12.0. The van der Waals surface area contributed by atoms with Crippen LogP contribution < -0.4 is 5.32 Å². The number of aliphatic hydroxyl groups is 1. The SMILES string of the molecule is CCC[C@H](O)C(=O)Nc1ccccc1. The Labute approximate surface area is 83.8 Å². The standard InChI is InChI=1S/C11H15NO2/c1-2-6-10(13)11(14)12-9-7-4-3-5-8-9/h3-5,7-8,10,13H,2,6H2,1H3,(H,12,14)/t10-/m0/s1. The third-order valence-electron chi connectivity index (χ3n) is 1.91. The van der Waals surface area contributed by atoms with Gasteiger partial charge in [0, 0.05) is 5.69 Å². The van der Waals surface area contributed by atoms with Gasteiger partial charge in [-0.25, -0.2) is 0 Å². The Kier molecular flexibility index (Phi) is 4.13. The Balaban J connectivity index is 2.49. The summed E-state index contributed by atoms with van der Waals surface area (Å²) < 4.78 is 0. The summed E-state index contributed by atoms with van der Waals surface area (Å²) >= 11 is 0. The number of nitrogens with one attached hydrogen (secondary N) is 1. The van der Waals surface area contributed by atoms with Crippen molar-refractivity contribution >= 4 is 11.6 Å². The number of para-hydroxylation sites is 1. The van der Waals surface area contributed by atoms with Gasteiger partial charge in [-0.1, -0.05) is 31.5 Å². The average molecular weight is 193 g/mol. The van der Waals surface area contributed by atoms with Gasteiger partial charge in [0.25, 0.3) is 5.91 Å². The van der Waals surface area contributed by atoms with Crippen molar-refractivity contribution in [2.45, 2.75) is 25.9 Å². The van der Waals surface area contributed by atoms with Crippen molar-refractivity contribution in [3.63, 3.8) is 0 Å². The fourth-order valence-electron chi connectivity index (χ4n) is 1.15. The van der Waals surface area contributed by atoms with Gasteiger partial charge in [0.1, 0.15) is 6.10 Å². The highest BCUT2D eigenvalue weighted by Crippen LogP contribution is 2.06. The molecule has 3 nitrogen and oxygen atoms in total. The van der Waals surface area contributed by atoms with E-state index in [4.69, 9.17) is 0 Å². The van der Waals surface area contributed by atoms with Crippen molar-refractivity contribution in [3.05, 3.63) is 30.3 Å². The molecule has 1 amide bonds. The van der Waals surface area contributed by atoms with E-state index >= 15 is 0 Å². The van der Waals surface area contributed by atoms with E-state index < -0.39 is 6.10 Å². The van der Waals surface area contributed by atoms with Crippen LogP contribution in [-0.4, -0.2) is 17.1 Å². The summed E-state index contributed by atoms with van der Waals surface area (Å²) in [5.41, 5.74) is 0.715. The third-order valence-corrected chi connectivity index (χ3v) is 1.91. The second kappa shape index (κ2) is 5.40. The van der Waals surface area contributed by atoms with Gasteiger partial charge < -0.3 is 10.4 Å². The van der Waals surface area contributed by atoms with E-state index in [-0.39, 0.29) is 5.91 Å². The fourth-order valence-corrected chi connectivity index (χ4v) is 1.15. The van der Waals surface area contributed by atoms with Crippen LogP contribution in [0.2, 0.25) is 0 Å². The van der Waals surface area contributed by atoms with Gasteiger partial charge in [-0.05, 0) is 18.6 Å². The second-order valence-electron chi connectivity index (χ2n) is 3.16. The van der Waals surface area contributed by atoms with E-state index in [1.807, 2.05) is 25.1 Å². The molecule has 0 aromatic heterocycles. The largest absolute Gasteiger partial charge is 0.383 e. The zero-order chi connectivity index (χ0) is 10.4. The number of anilines is 1. The van der Waals surface area contributed by atoms with Crippen LogP contribution >= 0.6 is 0 Å². The first-order valence-corrected chi connectivity index (χ1v) is 4.78. The lowest BCUT2D eigenvalue weighted by atomic mass is 10.2. The summed E-state index contributed by atoms with van der Waals surface area (Å²) in [6.07, 6.45) is 0.391. The maximum Gasteiger partial charge on any atom is 0.253 e. The fraction of sp³-hybridized carbons (Fsp3) is 0.364. The first kappa shape index (κ1) is 10.7. The lowest BCUT2D eigenvalue weighted by Gasteiger charge is -2.09. The number of rotatable bonds is 4. The molecule has 14 heavy (non-hydrogen) atoms. The first-order valence-electron chi connectivity index (χ1n) is 4.78. The topological polar surface area (TPSA) is 49.3 Å². The van der Waals surface area contributed by atoms with E-state index in [1.54, 1.807) is 12.1 Å². The van der Waals surface area contributed by atoms with Crippen molar-refractivity contribution in [3.8, 4) is 0 Å². The molecule has 1 atom stereocenters. The van der Waals surface area contributed by atoms with Gasteiger partial charge in [0.15, 0.2) is 0 Å². The highest BCUT2D eigenvalue weighted by atomic mass is 16.3. The number of benzene rings is 1. The number of amides is 1. The predicted octanol–water partition coefficient (Wildman–Crippen LogP) is 1.79.